The molecule has 0 aliphatic rings. The summed E-state index contributed by atoms with van der Waals surface area (Å²) in [5, 5.41) is 2.52. The van der Waals surface area contributed by atoms with Crippen LogP contribution in [0.25, 0.3) is 0 Å². The molecular weight excluding hydrogens is 368 g/mol. The van der Waals surface area contributed by atoms with Crippen molar-refractivity contribution in [1.82, 2.24) is 10.0 Å². The Morgan fingerprint density at radius 1 is 1.19 bits per heavy atom. The highest BCUT2D eigenvalue weighted by Crippen LogP contribution is 2.14. The van der Waals surface area contributed by atoms with Crippen LogP contribution in [0.1, 0.15) is 32.8 Å². The first-order valence-corrected chi connectivity index (χ1v) is 10.2. The van der Waals surface area contributed by atoms with Crippen LogP contribution >= 0.6 is 0 Å². The van der Waals surface area contributed by atoms with Crippen LogP contribution < -0.4 is 10.0 Å². The largest absolute Gasteiger partial charge is 0.451 e. The predicted molar refractivity (Wildman–Crippen MR) is 104 cm³/mol. The number of esters is 1. The molecule has 0 unspecified atom stereocenters. The highest BCUT2D eigenvalue weighted by molar-refractivity contribution is 7.89. The number of hydrogen-bond donors (Lipinski definition) is 2. The van der Waals surface area contributed by atoms with E-state index < -0.39 is 34.0 Å². The molecule has 27 heavy (non-hydrogen) atoms. The summed E-state index contributed by atoms with van der Waals surface area (Å²) in [6.07, 6.45) is 0.699. The molecule has 0 spiro atoms. The Kier molecular flexibility index (Phi) is 8.65. The van der Waals surface area contributed by atoms with Gasteiger partial charge < -0.3 is 10.1 Å². The van der Waals surface area contributed by atoms with E-state index in [0.29, 0.717) is 0 Å². The second-order valence-electron chi connectivity index (χ2n) is 6.73. The van der Waals surface area contributed by atoms with E-state index in [2.05, 4.69) is 16.6 Å². The molecule has 2 atom stereocenters. The lowest BCUT2D eigenvalue weighted by Gasteiger charge is -2.21. The zero-order chi connectivity index (χ0) is 20.6. The monoisotopic (exact) mass is 396 g/mol. The molecule has 0 radical (unpaired) electrons. The van der Waals surface area contributed by atoms with E-state index in [-0.39, 0.29) is 23.8 Å². The minimum atomic E-state index is -3.90. The van der Waals surface area contributed by atoms with E-state index >= 15 is 0 Å². The highest BCUT2D eigenvalue weighted by Gasteiger charge is 2.30. The number of ether oxygens (including phenoxy) is 1. The molecule has 0 saturated carbocycles. The third-order valence-electron chi connectivity index (χ3n) is 3.70. The second-order valence-corrected chi connectivity index (χ2v) is 8.44. The molecule has 2 N–H and O–H groups in total. The van der Waals surface area contributed by atoms with Gasteiger partial charge in [0.25, 0.3) is 5.91 Å². The Balaban J connectivity index is 2.91. The quantitative estimate of drug-likeness (QED) is 0.465. The van der Waals surface area contributed by atoms with Crippen molar-refractivity contribution in [3.05, 3.63) is 42.5 Å². The van der Waals surface area contributed by atoms with Gasteiger partial charge in [0.05, 0.1) is 4.90 Å². The van der Waals surface area contributed by atoms with Gasteiger partial charge in [0, 0.05) is 6.54 Å². The number of carbonyl (C=O) groups excluding carboxylic acids is 2. The first-order chi connectivity index (χ1) is 12.6. The summed E-state index contributed by atoms with van der Waals surface area (Å²) in [7, 11) is -3.90. The summed E-state index contributed by atoms with van der Waals surface area (Å²) >= 11 is 0. The van der Waals surface area contributed by atoms with Gasteiger partial charge in [0.1, 0.15) is 6.04 Å². The van der Waals surface area contributed by atoms with Gasteiger partial charge in [-0.3, -0.25) is 9.59 Å². The maximum Gasteiger partial charge on any atom is 0.324 e. The normalized spacial score (nSPS) is 13.7. The van der Waals surface area contributed by atoms with E-state index in [1.54, 1.807) is 12.1 Å². The molecule has 1 amide bonds. The number of aryl methyl sites for hydroxylation is 1. The van der Waals surface area contributed by atoms with E-state index in [0.717, 1.165) is 5.56 Å². The second kappa shape index (κ2) is 10.2. The Morgan fingerprint density at radius 3 is 2.30 bits per heavy atom. The zero-order valence-corrected chi connectivity index (χ0v) is 17.0. The smallest absolute Gasteiger partial charge is 0.324 e. The molecular formula is C19H28N2O5S. The van der Waals surface area contributed by atoms with Crippen molar-refractivity contribution < 1.29 is 22.7 Å². The number of carbonyl (C=O) groups is 2. The summed E-state index contributed by atoms with van der Waals surface area (Å²) in [4.78, 5) is 24.4. The fourth-order valence-electron chi connectivity index (χ4n) is 2.26. The number of amides is 1. The van der Waals surface area contributed by atoms with Gasteiger partial charge in [0.15, 0.2) is 6.10 Å². The minimum Gasteiger partial charge on any atom is -0.451 e. The van der Waals surface area contributed by atoms with Gasteiger partial charge in [-0.25, -0.2) is 8.42 Å². The fraction of sp³-hybridized carbons (Fsp3) is 0.474. The van der Waals surface area contributed by atoms with Gasteiger partial charge >= 0.3 is 5.97 Å². The zero-order valence-electron chi connectivity index (χ0n) is 16.2. The van der Waals surface area contributed by atoms with E-state index in [4.69, 9.17) is 4.74 Å². The fourth-order valence-corrected chi connectivity index (χ4v) is 3.46. The van der Waals surface area contributed by atoms with Gasteiger partial charge in [-0.1, -0.05) is 37.6 Å². The number of nitrogens with one attached hydrogen (secondary N) is 2. The Hall–Kier alpha value is -2.19. The molecule has 0 aliphatic heterocycles. The molecule has 1 aromatic carbocycles. The summed E-state index contributed by atoms with van der Waals surface area (Å²) in [6.45, 7) is 10.7. The SMILES string of the molecule is C=CCNC(=O)[C@H](C)OC(=O)[C@H](CC(C)C)NS(=O)(=O)c1ccc(C)cc1. The van der Waals surface area contributed by atoms with Crippen molar-refractivity contribution in [2.45, 2.75) is 51.2 Å². The average Bonchev–Trinajstić information content (AvgIpc) is 2.58. The molecule has 0 aromatic heterocycles. The molecule has 1 rings (SSSR count). The van der Waals surface area contributed by atoms with Crippen molar-refractivity contribution in [3.63, 3.8) is 0 Å². The Bertz CT molecular complexity index is 757. The minimum absolute atomic E-state index is 0.0353. The Morgan fingerprint density at radius 2 is 1.78 bits per heavy atom. The molecule has 1 aromatic rings. The first kappa shape index (κ1) is 22.9. The molecule has 0 bridgehead atoms. The van der Waals surface area contributed by atoms with Crippen LogP contribution in [0.4, 0.5) is 0 Å². The lowest BCUT2D eigenvalue weighted by atomic mass is 10.0. The molecule has 7 nitrogen and oxygen atoms in total. The van der Waals surface area contributed by atoms with Crippen molar-refractivity contribution in [2.24, 2.45) is 5.92 Å². The summed E-state index contributed by atoms with van der Waals surface area (Å²) < 4.78 is 32.7. The van der Waals surface area contributed by atoms with Crippen LogP contribution in [0.3, 0.4) is 0 Å². The van der Waals surface area contributed by atoms with Gasteiger partial charge in [0.2, 0.25) is 10.0 Å². The van der Waals surface area contributed by atoms with Crippen LogP contribution in [-0.4, -0.2) is 39.0 Å². The van der Waals surface area contributed by atoms with Gasteiger partial charge in [-0.2, -0.15) is 4.72 Å². The average molecular weight is 397 g/mol. The van der Waals surface area contributed by atoms with E-state index in [9.17, 15) is 18.0 Å². The van der Waals surface area contributed by atoms with Crippen molar-refractivity contribution in [3.8, 4) is 0 Å². The molecule has 0 aliphatic carbocycles. The highest BCUT2D eigenvalue weighted by atomic mass is 32.2. The first-order valence-electron chi connectivity index (χ1n) is 8.75. The van der Waals surface area contributed by atoms with Crippen LogP contribution in [0, 0.1) is 12.8 Å². The summed E-state index contributed by atoms with van der Waals surface area (Å²) in [6, 6.07) is 5.21. The lowest BCUT2D eigenvalue weighted by Crippen LogP contribution is -2.45. The Labute approximate surface area is 161 Å². The van der Waals surface area contributed by atoms with E-state index in [1.807, 2.05) is 20.8 Å². The topological polar surface area (TPSA) is 102 Å². The number of benzene rings is 1. The van der Waals surface area contributed by atoms with Crippen molar-refractivity contribution >= 4 is 21.9 Å². The standard InChI is InChI=1S/C19H28N2O5S/c1-6-11-20-18(22)15(5)26-19(23)17(12-13(2)3)21-27(24,25)16-9-7-14(4)8-10-16/h6-10,13,15,17,21H,1,11-12H2,2-5H3,(H,20,22)/t15-,17-/m0/s1. The number of hydrogen-bond acceptors (Lipinski definition) is 5. The van der Waals surface area contributed by atoms with Crippen LogP contribution in [-0.2, 0) is 24.3 Å². The van der Waals surface area contributed by atoms with Gasteiger partial charge in [-0.05, 0) is 38.3 Å². The third kappa shape index (κ3) is 7.52. The van der Waals surface area contributed by atoms with Gasteiger partial charge in [-0.15, -0.1) is 6.58 Å². The number of rotatable bonds is 10. The lowest BCUT2D eigenvalue weighted by molar-refractivity contribution is -0.156. The molecule has 0 fully saturated rings. The summed E-state index contributed by atoms with van der Waals surface area (Å²) in [5.74, 6) is -1.23. The molecule has 0 saturated heterocycles. The van der Waals surface area contributed by atoms with Crippen molar-refractivity contribution in [1.29, 1.82) is 0 Å². The maximum atomic E-state index is 12.6. The molecule has 150 valence electrons. The molecule has 8 heteroatoms. The van der Waals surface area contributed by atoms with Crippen LogP contribution in [0.2, 0.25) is 0 Å². The van der Waals surface area contributed by atoms with Crippen LogP contribution in [0.15, 0.2) is 41.8 Å². The molecule has 0 heterocycles. The summed E-state index contributed by atoms with van der Waals surface area (Å²) in [5.41, 5.74) is 0.923. The maximum absolute atomic E-state index is 12.6. The van der Waals surface area contributed by atoms with Crippen LogP contribution in [0.5, 0.6) is 0 Å². The van der Waals surface area contributed by atoms with E-state index in [1.165, 1.54) is 25.1 Å². The third-order valence-corrected chi connectivity index (χ3v) is 5.19. The predicted octanol–water partition coefficient (Wildman–Crippen LogP) is 1.92. The van der Waals surface area contributed by atoms with Crippen molar-refractivity contribution in [2.75, 3.05) is 6.54 Å². The number of sulfonamides is 1.